The minimum atomic E-state index is -2.51. The van der Waals surface area contributed by atoms with Gasteiger partial charge in [0, 0.05) is 19.6 Å². The van der Waals surface area contributed by atoms with Gasteiger partial charge in [0.25, 0.3) is 0 Å². The van der Waals surface area contributed by atoms with Gasteiger partial charge in [-0.05, 0) is 45.1 Å². The number of hydrogen-bond acceptors (Lipinski definition) is 13. The minimum Gasteiger partial charge on any atom is -0.479 e. The van der Waals surface area contributed by atoms with Crippen LogP contribution >= 0.6 is 0 Å². The molecule has 0 aliphatic rings. The van der Waals surface area contributed by atoms with Crippen LogP contribution in [0, 0.1) is 0 Å². The van der Waals surface area contributed by atoms with Crippen molar-refractivity contribution in [1.29, 1.82) is 0 Å². The molecule has 6 amide bonds. The first kappa shape index (κ1) is 39.0. The predicted molar refractivity (Wildman–Crippen MR) is 143 cm³/mol. The molecule has 0 spiro atoms. The Labute approximate surface area is 246 Å². The largest absolute Gasteiger partial charge is 0.479 e. The summed E-state index contributed by atoms with van der Waals surface area (Å²) in [4.78, 5) is 83.2. The third-order valence-electron chi connectivity index (χ3n) is 5.89. The molecule has 0 saturated heterocycles. The van der Waals surface area contributed by atoms with Gasteiger partial charge < -0.3 is 48.1 Å². The van der Waals surface area contributed by atoms with E-state index in [1.807, 2.05) is 10.6 Å². The van der Waals surface area contributed by atoms with E-state index < -0.39 is 66.5 Å². The highest BCUT2D eigenvalue weighted by molar-refractivity contribution is 5.97. The number of aliphatic hydroxyl groups excluding tert-OH is 2. The normalized spacial score (nSPS) is 14.2. The van der Waals surface area contributed by atoms with E-state index in [0.717, 1.165) is 0 Å². The van der Waals surface area contributed by atoms with Crippen LogP contribution in [0.15, 0.2) is 0 Å². The van der Waals surface area contributed by atoms with Crippen molar-refractivity contribution in [3.05, 3.63) is 0 Å². The summed E-state index contributed by atoms with van der Waals surface area (Å²) in [6.07, 6.45) is -1.20. The van der Waals surface area contributed by atoms with E-state index in [9.17, 15) is 54.1 Å². The average Bonchev–Trinajstić information content (AvgIpc) is 2.98. The molecule has 43 heavy (non-hydrogen) atoms. The van der Waals surface area contributed by atoms with E-state index in [-0.39, 0.29) is 58.1 Å². The lowest BCUT2D eigenvalue weighted by molar-refractivity contribution is -0.152. The number of carboxylic acid groups (broad SMARTS) is 1. The molecule has 246 valence electrons. The van der Waals surface area contributed by atoms with Crippen molar-refractivity contribution < 1.29 is 59.3 Å². The molecular weight excluding hydrogens is 580 g/mol. The van der Waals surface area contributed by atoms with Gasteiger partial charge in [0.1, 0.15) is 18.1 Å². The molecule has 20 nitrogen and oxygen atoms in total. The van der Waals surface area contributed by atoms with Crippen molar-refractivity contribution in [3.8, 4) is 0 Å². The zero-order valence-corrected chi connectivity index (χ0v) is 23.5. The zero-order valence-electron chi connectivity index (χ0n) is 23.5. The third kappa shape index (κ3) is 15.7. The highest BCUT2D eigenvalue weighted by Gasteiger charge is 2.37. The Balaban J connectivity index is 5.54. The smallest absolute Gasteiger partial charge is 0.335 e. The van der Waals surface area contributed by atoms with Gasteiger partial charge in [0.15, 0.2) is 6.10 Å². The molecule has 0 aromatic heterocycles. The topological polar surface area (TPSA) is 327 Å². The molecule has 0 heterocycles. The molecule has 5 unspecified atom stereocenters. The third-order valence-corrected chi connectivity index (χ3v) is 5.89. The van der Waals surface area contributed by atoms with Crippen LogP contribution in [0.25, 0.3) is 0 Å². The fraction of sp³-hybridized carbons (Fsp3) is 0.696. The van der Waals surface area contributed by atoms with Crippen molar-refractivity contribution in [2.24, 2.45) is 11.5 Å². The maximum Gasteiger partial charge on any atom is 0.335 e. The quantitative estimate of drug-likeness (QED) is 0.0207. The maximum atomic E-state index is 12.9. The van der Waals surface area contributed by atoms with Crippen LogP contribution in [0.4, 0.5) is 0 Å². The summed E-state index contributed by atoms with van der Waals surface area (Å²) in [5, 5.41) is 56.8. The number of aliphatic hydroxyl groups is 2. The van der Waals surface area contributed by atoms with E-state index in [0.29, 0.717) is 29.5 Å². The second-order valence-corrected chi connectivity index (χ2v) is 9.29. The number of carboxylic acids is 1. The SMILES string of the molecule is NCCCCNC(=O)C(CCCN(O)C=O)NC(=O)C(CO)NC(=O)C(NC(=O)C(N)CCCN(O)C=O)C(O)C(=O)O. The highest BCUT2D eigenvalue weighted by atomic mass is 16.5. The van der Waals surface area contributed by atoms with Gasteiger partial charge in [-0.1, -0.05) is 0 Å². The van der Waals surface area contributed by atoms with E-state index >= 15 is 0 Å². The van der Waals surface area contributed by atoms with Crippen molar-refractivity contribution >= 4 is 42.4 Å². The molecule has 5 atom stereocenters. The van der Waals surface area contributed by atoms with E-state index in [1.54, 1.807) is 0 Å². The van der Waals surface area contributed by atoms with Crippen LogP contribution in [0.2, 0.25) is 0 Å². The first-order valence-corrected chi connectivity index (χ1v) is 13.3. The van der Waals surface area contributed by atoms with Gasteiger partial charge in [-0.25, -0.2) is 14.9 Å². The van der Waals surface area contributed by atoms with E-state index in [2.05, 4.69) is 10.6 Å². The molecule has 0 aliphatic carbocycles. The van der Waals surface area contributed by atoms with Crippen LogP contribution in [0.1, 0.15) is 38.5 Å². The lowest BCUT2D eigenvalue weighted by Crippen LogP contribution is -2.62. The number of rotatable bonds is 24. The van der Waals surface area contributed by atoms with Crippen LogP contribution < -0.4 is 32.7 Å². The molecule has 0 rings (SSSR count). The molecule has 20 heteroatoms. The Morgan fingerprint density at radius 2 is 1.33 bits per heavy atom. The Kier molecular flexibility index (Phi) is 19.7. The van der Waals surface area contributed by atoms with Gasteiger partial charge in [-0.3, -0.25) is 39.2 Å². The first-order chi connectivity index (χ1) is 20.3. The number of aliphatic carboxylic acids is 1. The summed E-state index contributed by atoms with van der Waals surface area (Å²) < 4.78 is 0. The number of carbonyl (C=O) groups is 7. The zero-order chi connectivity index (χ0) is 32.9. The number of nitrogens with zero attached hydrogens (tertiary/aromatic N) is 2. The molecule has 13 N–H and O–H groups in total. The molecule has 0 radical (unpaired) electrons. The number of unbranched alkanes of at least 4 members (excludes halogenated alkanes) is 1. The average molecular weight is 623 g/mol. The Bertz CT molecular complexity index is 927. The van der Waals surface area contributed by atoms with E-state index in [1.165, 1.54) is 0 Å². The van der Waals surface area contributed by atoms with Gasteiger partial charge >= 0.3 is 5.97 Å². The van der Waals surface area contributed by atoms with Crippen LogP contribution in [-0.2, 0) is 33.6 Å². The minimum absolute atomic E-state index is 0.0438. The Morgan fingerprint density at radius 1 is 0.767 bits per heavy atom. The van der Waals surface area contributed by atoms with E-state index in [4.69, 9.17) is 16.7 Å². The Hall–Kier alpha value is -3.95. The van der Waals surface area contributed by atoms with Gasteiger partial charge in [0.2, 0.25) is 36.4 Å². The molecule has 0 fully saturated rings. The van der Waals surface area contributed by atoms with Crippen molar-refractivity contribution in [3.63, 3.8) is 0 Å². The predicted octanol–water partition coefficient (Wildman–Crippen LogP) is -5.68. The molecule has 0 aromatic rings. The summed E-state index contributed by atoms with van der Waals surface area (Å²) in [5.41, 5.74) is 11.1. The number of hydrogen-bond donors (Lipinski definition) is 11. The number of amides is 6. The summed E-state index contributed by atoms with van der Waals surface area (Å²) >= 11 is 0. The summed E-state index contributed by atoms with van der Waals surface area (Å²) in [5.74, 6) is -6.13. The summed E-state index contributed by atoms with van der Waals surface area (Å²) in [6, 6.07) is -6.56. The summed E-state index contributed by atoms with van der Waals surface area (Å²) in [6.45, 7) is -0.797. The second-order valence-electron chi connectivity index (χ2n) is 9.29. The first-order valence-electron chi connectivity index (χ1n) is 13.3. The maximum absolute atomic E-state index is 12.9. The fourth-order valence-corrected chi connectivity index (χ4v) is 3.46. The molecule has 0 aliphatic heterocycles. The van der Waals surface area contributed by atoms with Gasteiger partial charge in [-0.15, -0.1) is 0 Å². The lowest BCUT2D eigenvalue weighted by atomic mass is 10.1. The van der Waals surface area contributed by atoms with Crippen LogP contribution in [0.3, 0.4) is 0 Å². The fourth-order valence-electron chi connectivity index (χ4n) is 3.46. The molecule has 0 bridgehead atoms. The number of nitrogens with two attached hydrogens (primary N) is 2. The van der Waals surface area contributed by atoms with Gasteiger partial charge in [-0.2, -0.15) is 0 Å². The summed E-state index contributed by atoms with van der Waals surface area (Å²) in [7, 11) is 0. The standard InChI is InChI=1S/C23H42N8O12/c24-7-1-2-8-26-20(37)15(6-4-10-31(43)13-34)27-21(38)16(11-32)28-22(39)17(18(35)23(40)41)29-19(36)14(25)5-3-9-30(42)12-33/h12-18,32,35,42-43H,1-11,24-25H2,(H,26,37)(H,27,38)(H,28,39)(H,29,36)(H,40,41). The highest BCUT2D eigenvalue weighted by Crippen LogP contribution is 2.04. The van der Waals surface area contributed by atoms with Crippen molar-refractivity contribution in [2.75, 3.05) is 32.8 Å². The van der Waals surface area contributed by atoms with Gasteiger partial charge in [0.05, 0.1) is 12.6 Å². The van der Waals surface area contributed by atoms with Crippen molar-refractivity contribution in [2.45, 2.75) is 68.8 Å². The van der Waals surface area contributed by atoms with Crippen LogP contribution in [-0.4, -0.2) is 141 Å². The number of carbonyl (C=O) groups excluding carboxylic acids is 6. The molecule has 0 saturated carbocycles. The molecule has 0 aromatic carbocycles. The van der Waals surface area contributed by atoms with Crippen LogP contribution in [0.5, 0.6) is 0 Å². The van der Waals surface area contributed by atoms with Crippen molar-refractivity contribution in [1.82, 2.24) is 31.4 Å². The number of hydroxylamine groups is 4. The molecular formula is C23H42N8O12. The lowest BCUT2D eigenvalue weighted by Gasteiger charge is -2.26. The second kappa shape index (κ2) is 21.7. The Morgan fingerprint density at radius 3 is 1.84 bits per heavy atom. The monoisotopic (exact) mass is 622 g/mol. The number of nitrogens with one attached hydrogen (secondary N) is 4.